The second-order valence-corrected chi connectivity index (χ2v) is 10.6. The number of halogens is 6. The molecule has 0 bridgehead atoms. The number of anilines is 2. The molecule has 0 saturated carbocycles. The van der Waals surface area contributed by atoms with Crippen molar-refractivity contribution >= 4 is 33.1 Å². The Bertz CT molecular complexity index is 1520. The molecule has 214 valence electrons. The summed E-state index contributed by atoms with van der Waals surface area (Å²) in [6, 6.07) is 10.5. The average molecular weight is 589 g/mol. The molecule has 40 heavy (non-hydrogen) atoms. The van der Waals surface area contributed by atoms with Gasteiger partial charge in [-0.15, -0.1) is 0 Å². The zero-order chi connectivity index (χ0) is 30.0. The highest BCUT2D eigenvalue weighted by Gasteiger charge is 2.37. The summed E-state index contributed by atoms with van der Waals surface area (Å²) >= 11 is 0. The van der Waals surface area contributed by atoms with Gasteiger partial charge in [0.25, 0.3) is 5.91 Å². The van der Waals surface area contributed by atoms with Crippen molar-refractivity contribution in [3.05, 3.63) is 88.5 Å². The standard InChI is InChI=1S/C25H22F6N4O4S/c1-35(40(2,37)38)20-7-6-19(12-21(20)39-13-14-4-3-5-15(8-14)22(32)33)34-23(36)16-9-17(24(26,27)28)11-18(10-16)25(29,30)31/h3-12H,13H2,1-2H3,(H3,32,33)(H,34,36). The number of amidine groups is 1. The van der Waals surface area contributed by atoms with Gasteiger partial charge in [0.15, 0.2) is 0 Å². The van der Waals surface area contributed by atoms with E-state index in [4.69, 9.17) is 15.9 Å². The first kappa shape index (κ1) is 30.3. The maximum Gasteiger partial charge on any atom is 0.416 e. The highest BCUT2D eigenvalue weighted by Crippen LogP contribution is 2.37. The van der Waals surface area contributed by atoms with Gasteiger partial charge in [0.05, 0.1) is 23.1 Å². The molecule has 0 spiro atoms. The van der Waals surface area contributed by atoms with Gasteiger partial charge in [0.2, 0.25) is 10.0 Å². The molecule has 8 nitrogen and oxygen atoms in total. The zero-order valence-electron chi connectivity index (χ0n) is 20.8. The SMILES string of the molecule is CN(c1ccc(NC(=O)c2cc(C(F)(F)F)cc(C(F)(F)F)c2)cc1OCc1cccc(C(=N)N)c1)S(C)(=O)=O. The lowest BCUT2D eigenvalue weighted by atomic mass is 10.0. The Morgan fingerprint density at radius 2 is 1.55 bits per heavy atom. The Morgan fingerprint density at radius 1 is 0.950 bits per heavy atom. The number of rotatable bonds is 8. The number of amides is 1. The first-order chi connectivity index (χ1) is 18.4. The van der Waals surface area contributed by atoms with Gasteiger partial charge in [0.1, 0.15) is 18.2 Å². The number of nitrogens with two attached hydrogens (primary N) is 1. The number of nitrogens with one attached hydrogen (secondary N) is 2. The molecule has 0 radical (unpaired) electrons. The first-order valence-corrected chi connectivity index (χ1v) is 13.0. The Hall–Kier alpha value is -4.27. The number of carbonyl (C=O) groups excluding carboxylic acids is 1. The van der Waals surface area contributed by atoms with E-state index in [1.807, 2.05) is 0 Å². The molecule has 0 aliphatic heterocycles. The molecule has 3 aromatic carbocycles. The lowest BCUT2D eigenvalue weighted by molar-refractivity contribution is -0.143. The van der Waals surface area contributed by atoms with Gasteiger partial charge in [0, 0.05) is 29.9 Å². The monoisotopic (exact) mass is 588 g/mol. The lowest BCUT2D eigenvalue weighted by Crippen LogP contribution is -2.25. The van der Waals surface area contributed by atoms with Crippen molar-refractivity contribution < 1.29 is 44.3 Å². The average Bonchev–Trinajstić information content (AvgIpc) is 2.85. The normalized spacial score (nSPS) is 12.1. The predicted molar refractivity (Wildman–Crippen MR) is 136 cm³/mol. The highest BCUT2D eigenvalue weighted by atomic mass is 32.2. The summed E-state index contributed by atoms with van der Waals surface area (Å²) in [7, 11) is -2.56. The molecule has 0 saturated heterocycles. The van der Waals surface area contributed by atoms with Gasteiger partial charge in [-0.3, -0.25) is 14.5 Å². The van der Waals surface area contributed by atoms with Gasteiger partial charge in [-0.1, -0.05) is 18.2 Å². The van der Waals surface area contributed by atoms with Gasteiger partial charge >= 0.3 is 12.4 Å². The Labute approximate surface area is 224 Å². The molecule has 0 atom stereocenters. The minimum Gasteiger partial charge on any atom is -0.487 e. The molecule has 4 N–H and O–H groups in total. The van der Waals surface area contributed by atoms with Gasteiger partial charge in [-0.05, 0) is 42.0 Å². The number of nitrogens with zero attached hydrogens (tertiary/aromatic N) is 1. The summed E-state index contributed by atoms with van der Waals surface area (Å²) in [6.45, 7) is -0.147. The van der Waals surface area contributed by atoms with Crippen molar-refractivity contribution in [2.45, 2.75) is 19.0 Å². The summed E-state index contributed by atoms with van der Waals surface area (Å²) in [5.74, 6) is -1.56. The topological polar surface area (TPSA) is 126 Å². The van der Waals surface area contributed by atoms with Crippen LogP contribution in [-0.2, 0) is 29.0 Å². The van der Waals surface area contributed by atoms with Crippen LogP contribution in [0.2, 0.25) is 0 Å². The van der Waals surface area contributed by atoms with Crippen LogP contribution in [0.15, 0.2) is 60.7 Å². The molecular weight excluding hydrogens is 566 g/mol. The van der Waals surface area contributed by atoms with Gasteiger partial charge < -0.3 is 15.8 Å². The molecule has 15 heteroatoms. The number of hydrogen-bond donors (Lipinski definition) is 3. The Kier molecular flexibility index (Phi) is 8.38. The van der Waals surface area contributed by atoms with Crippen LogP contribution in [0.3, 0.4) is 0 Å². The molecule has 0 unspecified atom stereocenters. The zero-order valence-corrected chi connectivity index (χ0v) is 21.6. The van der Waals surface area contributed by atoms with Crippen LogP contribution >= 0.6 is 0 Å². The maximum atomic E-state index is 13.2. The van der Waals surface area contributed by atoms with E-state index in [1.54, 1.807) is 24.3 Å². The number of nitrogen functional groups attached to an aromatic ring is 1. The minimum absolute atomic E-state index is 0.0293. The smallest absolute Gasteiger partial charge is 0.416 e. The van der Waals surface area contributed by atoms with Crippen LogP contribution in [0.1, 0.15) is 32.6 Å². The number of benzene rings is 3. The van der Waals surface area contributed by atoms with Crippen LogP contribution in [0, 0.1) is 5.41 Å². The summed E-state index contributed by atoms with van der Waals surface area (Å²) in [5.41, 5.74) is 2.14. The number of carbonyl (C=O) groups is 1. The van der Waals surface area contributed by atoms with Crippen molar-refractivity contribution in [2.24, 2.45) is 5.73 Å². The fourth-order valence-corrected chi connectivity index (χ4v) is 3.93. The van der Waals surface area contributed by atoms with Crippen LogP contribution in [0.25, 0.3) is 0 Å². The summed E-state index contributed by atoms with van der Waals surface area (Å²) in [5, 5.41) is 9.76. The van der Waals surface area contributed by atoms with Crippen molar-refractivity contribution in [3.8, 4) is 5.75 Å². The summed E-state index contributed by atoms with van der Waals surface area (Å²) < 4.78 is 110. The number of alkyl halides is 6. The van der Waals surface area contributed by atoms with Gasteiger partial charge in [-0.2, -0.15) is 26.3 Å². The molecule has 1 amide bonds. The van der Waals surface area contributed by atoms with Crippen molar-refractivity contribution in [1.29, 1.82) is 5.41 Å². The third-order valence-corrected chi connectivity index (χ3v) is 6.73. The second kappa shape index (κ2) is 11.1. The van der Waals surface area contributed by atoms with E-state index in [-0.39, 0.29) is 47.8 Å². The first-order valence-electron chi connectivity index (χ1n) is 11.1. The molecule has 0 aliphatic carbocycles. The quantitative estimate of drug-likeness (QED) is 0.189. The fraction of sp³-hybridized carbons (Fsp3) is 0.200. The van der Waals surface area contributed by atoms with E-state index in [1.165, 1.54) is 25.2 Å². The largest absolute Gasteiger partial charge is 0.487 e. The molecule has 0 aliphatic rings. The van der Waals surface area contributed by atoms with Crippen LogP contribution in [-0.4, -0.2) is 33.5 Å². The van der Waals surface area contributed by atoms with E-state index >= 15 is 0 Å². The fourth-order valence-electron chi connectivity index (χ4n) is 3.43. The summed E-state index contributed by atoms with van der Waals surface area (Å²) in [4.78, 5) is 12.7. The van der Waals surface area contributed by atoms with Crippen LogP contribution in [0.4, 0.5) is 37.7 Å². The van der Waals surface area contributed by atoms with Crippen LogP contribution in [0.5, 0.6) is 5.75 Å². The van der Waals surface area contributed by atoms with Gasteiger partial charge in [-0.25, -0.2) is 8.42 Å². The third kappa shape index (κ3) is 7.43. The molecule has 3 rings (SSSR count). The lowest BCUT2D eigenvalue weighted by Gasteiger charge is -2.21. The highest BCUT2D eigenvalue weighted by molar-refractivity contribution is 7.92. The number of hydrogen-bond acceptors (Lipinski definition) is 5. The van der Waals surface area contributed by atoms with E-state index in [0.717, 1.165) is 10.6 Å². The van der Waals surface area contributed by atoms with E-state index in [9.17, 15) is 39.6 Å². The van der Waals surface area contributed by atoms with E-state index in [0.29, 0.717) is 11.1 Å². The molecule has 0 fully saturated rings. The van der Waals surface area contributed by atoms with E-state index in [2.05, 4.69) is 5.32 Å². The molecule has 0 aromatic heterocycles. The van der Waals surface area contributed by atoms with Crippen molar-refractivity contribution in [3.63, 3.8) is 0 Å². The predicted octanol–water partition coefficient (Wildman–Crippen LogP) is 5.24. The summed E-state index contributed by atoms with van der Waals surface area (Å²) in [6.07, 6.45) is -9.36. The van der Waals surface area contributed by atoms with Crippen molar-refractivity contribution in [2.75, 3.05) is 22.9 Å². The molecule has 3 aromatic rings. The number of sulfonamides is 1. The van der Waals surface area contributed by atoms with E-state index < -0.39 is 45.0 Å². The Morgan fingerprint density at radius 3 is 2.08 bits per heavy atom. The maximum absolute atomic E-state index is 13.2. The van der Waals surface area contributed by atoms with Crippen molar-refractivity contribution in [1.82, 2.24) is 0 Å². The Balaban J connectivity index is 1.98. The molecule has 0 heterocycles. The molecular formula is C25H22F6N4O4S. The number of ether oxygens (including phenoxy) is 1. The van der Waals surface area contributed by atoms with Crippen LogP contribution < -0.4 is 20.1 Å². The third-order valence-electron chi connectivity index (χ3n) is 5.54. The minimum atomic E-state index is -5.14. The second-order valence-electron chi connectivity index (χ2n) is 8.56.